The van der Waals surface area contributed by atoms with Crippen molar-refractivity contribution in [2.45, 2.75) is 25.4 Å². The number of rotatable bonds is 2. The van der Waals surface area contributed by atoms with Crippen LogP contribution in [0.5, 0.6) is 0 Å². The molecule has 1 atom stereocenters. The van der Waals surface area contributed by atoms with Crippen molar-refractivity contribution in [1.82, 2.24) is 0 Å². The number of hydrogen-bond donors (Lipinski definition) is 0. The number of carbonyl (C=O) groups is 1. The van der Waals surface area contributed by atoms with Gasteiger partial charge in [0, 0.05) is 18.9 Å². The molecule has 0 amide bonds. The number of nitriles is 1. The Morgan fingerprint density at radius 3 is 3.00 bits per heavy atom. The molecule has 0 aromatic rings. The van der Waals surface area contributed by atoms with Crippen molar-refractivity contribution in [2.24, 2.45) is 0 Å². The van der Waals surface area contributed by atoms with Crippen LogP contribution in [0.3, 0.4) is 0 Å². The zero-order valence-electron chi connectivity index (χ0n) is 6.33. The van der Waals surface area contributed by atoms with Crippen LogP contribution in [0.15, 0.2) is 12.2 Å². The molecule has 0 unspecified atom stereocenters. The van der Waals surface area contributed by atoms with Gasteiger partial charge in [0.05, 0.1) is 6.07 Å². The summed E-state index contributed by atoms with van der Waals surface area (Å²) in [5, 5.41) is 8.29. The van der Waals surface area contributed by atoms with E-state index in [1.165, 1.54) is 6.08 Å². The van der Waals surface area contributed by atoms with E-state index in [0.29, 0.717) is 12.8 Å². The number of nitrogens with zero attached hydrogens (tertiary/aromatic N) is 1. The van der Waals surface area contributed by atoms with E-state index in [9.17, 15) is 4.79 Å². The summed E-state index contributed by atoms with van der Waals surface area (Å²) in [6.07, 6.45) is 4.09. The Bertz CT molecular complexity index is 239. The summed E-state index contributed by atoms with van der Waals surface area (Å²) in [7, 11) is 0. The maximum atomic E-state index is 10.6. The fourth-order valence-corrected chi connectivity index (χ4v) is 0.981. The highest BCUT2D eigenvalue weighted by Gasteiger charge is 2.29. The van der Waals surface area contributed by atoms with E-state index in [0.717, 1.165) is 0 Å². The van der Waals surface area contributed by atoms with E-state index in [1.807, 2.05) is 6.07 Å². The molecule has 58 valence electrons. The third-order valence-corrected chi connectivity index (χ3v) is 1.64. The molecule has 1 aliphatic heterocycles. The van der Waals surface area contributed by atoms with Crippen LogP contribution in [-0.2, 0) is 9.53 Å². The van der Waals surface area contributed by atoms with Gasteiger partial charge in [0.1, 0.15) is 5.60 Å². The number of cyclic esters (lactones) is 1. The molecule has 0 fully saturated rings. The molecule has 0 N–H and O–H groups in total. The minimum absolute atomic E-state index is 0.314. The van der Waals surface area contributed by atoms with Crippen LogP contribution >= 0.6 is 0 Å². The van der Waals surface area contributed by atoms with E-state index < -0.39 is 5.60 Å². The van der Waals surface area contributed by atoms with Gasteiger partial charge in [0.25, 0.3) is 0 Å². The lowest BCUT2D eigenvalue weighted by molar-refractivity contribution is -0.144. The molecule has 0 aliphatic carbocycles. The Labute approximate surface area is 65.3 Å². The summed E-state index contributed by atoms with van der Waals surface area (Å²) >= 11 is 0. The summed E-state index contributed by atoms with van der Waals surface area (Å²) in [5.74, 6) is -0.314. The molecule has 1 rings (SSSR count). The molecule has 1 heterocycles. The largest absolute Gasteiger partial charge is 0.452 e. The summed E-state index contributed by atoms with van der Waals surface area (Å²) in [4.78, 5) is 10.6. The zero-order chi connectivity index (χ0) is 8.32. The summed E-state index contributed by atoms with van der Waals surface area (Å²) < 4.78 is 4.95. The second kappa shape index (κ2) is 2.75. The summed E-state index contributed by atoms with van der Waals surface area (Å²) in [5.41, 5.74) is -0.535. The van der Waals surface area contributed by atoms with Crippen LogP contribution in [0.2, 0.25) is 0 Å². The van der Waals surface area contributed by atoms with Crippen molar-refractivity contribution in [3.63, 3.8) is 0 Å². The lowest BCUT2D eigenvalue weighted by Crippen LogP contribution is -2.23. The van der Waals surface area contributed by atoms with Gasteiger partial charge in [-0.05, 0) is 13.0 Å². The van der Waals surface area contributed by atoms with Gasteiger partial charge in [-0.15, -0.1) is 0 Å². The Hall–Kier alpha value is -1.30. The molecule has 0 saturated carbocycles. The summed E-state index contributed by atoms with van der Waals surface area (Å²) in [6, 6.07) is 2.01. The first-order valence-corrected chi connectivity index (χ1v) is 3.45. The SMILES string of the molecule is C[C@]1(CCC#N)C=CC(=O)O1. The van der Waals surface area contributed by atoms with Crippen LogP contribution < -0.4 is 0 Å². The van der Waals surface area contributed by atoms with Crippen molar-refractivity contribution in [3.8, 4) is 6.07 Å². The Balaban J connectivity index is 2.51. The molecule has 0 saturated heterocycles. The van der Waals surface area contributed by atoms with E-state index in [1.54, 1.807) is 13.0 Å². The number of ether oxygens (including phenoxy) is 1. The molecule has 3 nitrogen and oxygen atoms in total. The van der Waals surface area contributed by atoms with Crippen LogP contribution in [0.25, 0.3) is 0 Å². The molecule has 0 aromatic heterocycles. The summed E-state index contributed by atoms with van der Waals surface area (Å²) in [6.45, 7) is 1.80. The van der Waals surface area contributed by atoms with Crippen LogP contribution in [-0.4, -0.2) is 11.6 Å². The minimum atomic E-state index is -0.535. The van der Waals surface area contributed by atoms with Gasteiger partial charge in [-0.1, -0.05) is 0 Å². The Morgan fingerprint density at radius 1 is 1.82 bits per heavy atom. The van der Waals surface area contributed by atoms with Crippen molar-refractivity contribution in [2.75, 3.05) is 0 Å². The van der Waals surface area contributed by atoms with Crippen molar-refractivity contribution >= 4 is 5.97 Å². The highest BCUT2D eigenvalue weighted by Crippen LogP contribution is 2.24. The number of carbonyl (C=O) groups excluding carboxylic acids is 1. The third kappa shape index (κ3) is 1.81. The number of esters is 1. The van der Waals surface area contributed by atoms with Crippen LogP contribution in [0.1, 0.15) is 19.8 Å². The highest BCUT2D eigenvalue weighted by atomic mass is 16.6. The molecular formula is C8H9NO2. The quantitative estimate of drug-likeness (QED) is 0.556. The lowest BCUT2D eigenvalue weighted by atomic mass is 10.0. The number of hydrogen-bond acceptors (Lipinski definition) is 3. The maximum Gasteiger partial charge on any atom is 0.331 e. The fourth-order valence-electron chi connectivity index (χ4n) is 0.981. The van der Waals surface area contributed by atoms with Gasteiger partial charge in [-0.25, -0.2) is 4.79 Å². The molecule has 0 radical (unpaired) electrons. The Morgan fingerprint density at radius 2 is 2.55 bits per heavy atom. The Kier molecular flexibility index (Phi) is 1.95. The normalized spacial score (nSPS) is 28.2. The molecule has 3 heteroatoms. The first-order valence-electron chi connectivity index (χ1n) is 3.45. The molecular weight excluding hydrogens is 142 g/mol. The first-order chi connectivity index (χ1) is 5.16. The van der Waals surface area contributed by atoms with Crippen molar-refractivity contribution in [3.05, 3.63) is 12.2 Å². The van der Waals surface area contributed by atoms with E-state index in [-0.39, 0.29) is 5.97 Å². The second-order valence-electron chi connectivity index (χ2n) is 2.73. The van der Waals surface area contributed by atoms with Gasteiger partial charge in [0.15, 0.2) is 0 Å². The smallest absolute Gasteiger partial charge is 0.331 e. The van der Waals surface area contributed by atoms with E-state index in [4.69, 9.17) is 10.00 Å². The van der Waals surface area contributed by atoms with Gasteiger partial charge in [0.2, 0.25) is 0 Å². The fraction of sp³-hybridized carbons (Fsp3) is 0.500. The van der Waals surface area contributed by atoms with Gasteiger partial charge >= 0.3 is 5.97 Å². The van der Waals surface area contributed by atoms with Gasteiger partial charge < -0.3 is 4.74 Å². The van der Waals surface area contributed by atoms with Crippen LogP contribution in [0.4, 0.5) is 0 Å². The molecule has 0 bridgehead atoms. The standard InChI is InChI=1S/C8H9NO2/c1-8(4-2-6-9)5-3-7(10)11-8/h3,5H,2,4H2,1H3/t8-/m0/s1. The maximum absolute atomic E-state index is 10.6. The topological polar surface area (TPSA) is 50.1 Å². The second-order valence-corrected chi connectivity index (χ2v) is 2.73. The zero-order valence-corrected chi connectivity index (χ0v) is 6.33. The van der Waals surface area contributed by atoms with Crippen molar-refractivity contribution in [1.29, 1.82) is 5.26 Å². The third-order valence-electron chi connectivity index (χ3n) is 1.64. The van der Waals surface area contributed by atoms with E-state index >= 15 is 0 Å². The van der Waals surface area contributed by atoms with Gasteiger partial charge in [-0.3, -0.25) is 0 Å². The molecule has 0 aromatic carbocycles. The highest BCUT2D eigenvalue weighted by molar-refractivity contribution is 5.85. The average molecular weight is 151 g/mol. The van der Waals surface area contributed by atoms with Gasteiger partial charge in [-0.2, -0.15) is 5.26 Å². The predicted octanol–water partition coefficient (Wildman–Crippen LogP) is 1.16. The molecule has 1 aliphatic rings. The van der Waals surface area contributed by atoms with Crippen LogP contribution in [0, 0.1) is 11.3 Å². The lowest BCUT2D eigenvalue weighted by Gasteiger charge is -2.19. The minimum Gasteiger partial charge on any atom is -0.452 e. The van der Waals surface area contributed by atoms with E-state index in [2.05, 4.69) is 0 Å². The monoisotopic (exact) mass is 151 g/mol. The van der Waals surface area contributed by atoms with Crippen molar-refractivity contribution < 1.29 is 9.53 Å². The first kappa shape index (κ1) is 7.80. The predicted molar refractivity (Wildman–Crippen MR) is 38.5 cm³/mol. The molecule has 11 heavy (non-hydrogen) atoms. The molecule has 0 spiro atoms. The average Bonchev–Trinajstić information content (AvgIpc) is 2.28.